The predicted molar refractivity (Wildman–Crippen MR) is 134 cm³/mol. The van der Waals surface area contributed by atoms with Crippen LogP contribution in [0.4, 0.5) is 5.82 Å². The summed E-state index contributed by atoms with van der Waals surface area (Å²) in [6.07, 6.45) is 4.94. The van der Waals surface area contributed by atoms with Crippen LogP contribution >= 0.6 is 0 Å². The SMILES string of the molecule is Cn1nc(C(=O)N2CC3CN(C(=O)c4ccccc4)CC3C2)c2ccc(N3CCCCCC3)nc21. The molecule has 182 valence electrons. The van der Waals surface area contributed by atoms with Gasteiger partial charge in [-0.3, -0.25) is 9.59 Å². The zero-order valence-electron chi connectivity index (χ0n) is 20.3. The summed E-state index contributed by atoms with van der Waals surface area (Å²) in [4.78, 5) is 37.5. The molecule has 2 unspecified atom stereocenters. The largest absolute Gasteiger partial charge is 0.357 e. The molecule has 8 heteroatoms. The Kier molecular flexibility index (Phi) is 5.66. The van der Waals surface area contributed by atoms with E-state index in [0.717, 1.165) is 35.5 Å². The van der Waals surface area contributed by atoms with Crippen LogP contribution in [-0.2, 0) is 7.05 Å². The number of benzene rings is 1. The van der Waals surface area contributed by atoms with Gasteiger partial charge in [-0.15, -0.1) is 0 Å². The molecule has 3 aliphatic heterocycles. The molecule has 0 radical (unpaired) electrons. The van der Waals surface area contributed by atoms with E-state index in [1.165, 1.54) is 25.7 Å². The number of aromatic nitrogens is 3. The summed E-state index contributed by atoms with van der Waals surface area (Å²) in [6, 6.07) is 13.5. The highest BCUT2D eigenvalue weighted by atomic mass is 16.2. The van der Waals surface area contributed by atoms with Gasteiger partial charge >= 0.3 is 0 Å². The molecule has 35 heavy (non-hydrogen) atoms. The maximum absolute atomic E-state index is 13.5. The Balaban J connectivity index is 1.16. The lowest BCUT2D eigenvalue weighted by Crippen LogP contribution is -2.35. The molecule has 0 saturated carbocycles. The van der Waals surface area contributed by atoms with Gasteiger partial charge in [0.25, 0.3) is 11.8 Å². The van der Waals surface area contributed by atoms with Gasteiger partial charge in [0.05, 0.1) is 5.39 Å². The van der Waals surface area contributed by atoms with Crippen LogP contribution in [0, 0.1) is 11.8 Å². The molecule has 0 bridgehead atoms. The number of amides is 2. The van der Waals surface area contributed by atoms with E-state index in [9.17, 15) is 9.59 Å². The second-order valence-electron chi connectivity index (χ2n) is 10.2. The molecule has 2 atom stereocenters. The molecule has 1 aromatic carbocycles. The Morgan fingerprint density at radius 2 is 1.43 bits per heavy atom. The molecule has 0 N–H and O–H groups in total. The van der Waals surface area contributed by atoms with Gasteiger partial charge in [-0.2, -0.15) is 5.10 Å². The van der Waals surface area contributed by atoms with Crippen LogP contribution in [0.1, 0.15) is 46.5 Å². The van der Waals surface area contributed by atoms with Crippen molar-refractivity contribution in [1.82, 2.24) is 24.6 Å². The Labute approximate surface area is 205 Å². The average Bonchev–Trinajstić information content (AvgIpc) is 3.48. The van der Waals surface area contributed by atoms with E-state index < -0.39 is 0 Å². The Morgan fingerprint density at radius 1 is 0.800 bits per heavy atom. The normalized spacial score (nSPS) is 22.5. The molecular formula is C27H32N6O2. The molecule has 6 rings (SSSR count). The topological polar surface area (TPSA) is 74.6 Å². The first-order valence-corrected chi connectivity index (χ1v) is 12.8. The number of hydrogen-bond donors (Lipinski definition) is 0. The van der Waals surface area contributed by atoms with Crippen LogP contribution in [0.2, 0.25) is 0 Å². The second kappa shape index (κ2) is 8.98. The number of carbonyl (C=O) groups excluding carboxylic acids is 2. The maximum atomic E-state index is 13.5. The summed E-state index contributed by atoms with van der Waals surface area (Å²) >= 11 is 0. The highest BCUT2D eigenvalue weighted by Gasteiger charge is 2.43. The summed E-state index contributed by atoms with van der Waals surface area (Å²) in [5.74, 6) is 1.65. The molecule has 2 aromatic heterocycles. The number of likely N-dealkylation sites (tertiary alicyclic amines) is 2. The maximum Gasteiger partial charge on any atom is 0.275 e. The predicted octanol–water partition coefficient (Wildman–Crippen LogP) is 3.19. The lowest BCUT2D eigenvalue weighted by atomic mass is 10.0. The number of pyridine rings is 1. The highest BCUT2D eigenvalue weighted by molar-refractivity contribution is 6.04. The first kappa shape index (κ1) is 22.1. The number of carbonyl (C=O) groups is 2. The van der Waals surface area contributed by atoms with E-state index >= 15 is 0 Å². The molecule has 3 aliphatic rings. The standard InChI is InChI=1S/C27H32N6O2/c1-30-25-22(11-12-23(28-25)31-13-7-2-3-8-14-31)24(29-30)27(35)33-17-20-15-32(16-21(20)18-33)26(34)19-9-5-4-6-10-19/h4-6,9-12,20-21H,2-3,7-8,13-18H2,1H3. The summed E-state index contributed by atoms with van der Waals surface area (Å²) in [6.45, 7) is 4.79. The molecule has 5 heterocycles. The van der Waals surface area contributed by atoms with Crippen molar-refractivity contribution in [3.63, 3.8) is 0 Å². The van der Waals surface area contributed by atoms with Crippen molar-refractivity contribution in [3.05, 3.63) is 53.7 Å². The summed E-state index contributed by atoms with van der Waals surface area (Å²) in [5, 5.41) is 5.41. The summed E-state index contributed by atoms with van der Waals surface area (Å²) in [5.41, 5.74) is 1.97. The zero-order valence-corrected chi connectivity index (χ0v) is 20.3. The van der Waals surface area contributed by atoms with Crippen molar-refractivity contribution in [2.24, 2.45) is 18.9 Å². The first-order chi connectivity index (χ1) is 17.1. The third-order valence-corrected chi connectivity index (χ3v) is 7.89. The first-order valence-electron chi connectivity index (χ1n) is 12.8. The number of nitrogens with zero attached hydrogens (tertiary/aromatic N) is 6. The Bertz CT molecular complexity index is 1230. The molecule has 2 amide bonds. The van der Waals surface area contributed by atoms with E-state index in [4.69, 9.17) is 4.98 Å². The Hall–Kier alpha value is -3.42. The van der Waals surface area contributed by atoms with Gasteiger partial charge in [0.15, 0.2) is 11.3 Å². The van der Waals surface area contributed by atoms with Gasteiger partial charge in [-0.25, -0.2) is 9.67 Å². The van der Waals surface area contributed by atoms with Crippen molar-refractivity contribution >= 4 is 28.7 Å². The zero-order chi connectivity index (χ0) is 23.9. The second-order valence-corrected chi connectivity index (χ2v) is 10.2. The fourth-order valence-electron chi connectivity index (χ4n) is 5.99. The lowest BCUT2D eigenvalue weighted by molar-refractivity contribution is 0.0736. The molecule has 3 fully saturated rings. The Morgan fingerprint density at radius 3 is 2.09 bits per heavy atom. The third kappa shape index (κ3) is 4.05. The quantitative estimate of drug-likeness (QED) is 0.585. The van der Waals surface area contributed by atoms with Crippen molar-refractivity contribution in [1.29, 1.82) is 0 Å². The van der Waals surface area contributed by atoms with E-state index in [1.807, 2.05) is 59.3 Å². The van der Waals surface area contributed by atoms with E-state index in [2.05, 4.69) is 10.00 Å². The minimum absolute atomic E-state index is 0.0322. The molecule has 0 spiro atoms. The number of anilines is 1. The van der Waals surface area contributed by atoms with Gasteiger partial charge in [0, 0.05) is 63.7 Å². The van der Waals surface area contributed by atoms with Gasteiger partial charge in [0.2, 0.25) is 0 Å². The number of fused-ring (bicyclic) bond motifs is 2. The third-order valence-electron chi connectivity index (χ3n) is 7.89. The van der Waals surface area contributed by atoms with Crippen LogP contribution in [0.25, 0.3) is 11.0 Å². The fraction of sp³-hybridized carbons (Fsp3) is 0.481. The minimum Gasteiger partial charge on any atom is -0.357 e. The van der Waals surface area contributed by atoms with Crippen LogP contribution in [0.3, 0.4) is 0 Å². The van der Waals surface area contributed by atoms with E-state index in [1.54, 1.807) is 4.68 Å². The monoisotopic (exact) mass is 472 g/mol. The van der Waals surface area contributed by atoms with Crippen LogP contribution < -0.4 is 4.90 Å². The van der Waals surface area contributed by atoms with Crippen molar-refractivity contribution in [3.8, 4) is 0 Å². The molecule has 0 aliphatic carbocycles. The fourth-order valence-corrected chi connectivity index (χ4v) is 5.99. The molecule has 3 aromatic rings. The molecule has 3 saturated heterocycles. The lowest BCUT2D eigenvalue weighted by Gasteiger charge is -2.22. The smallest absolute Gasteiger partial charge is 0.275 e. The van der Waals surface area contributed by atoms with Crippen LogP contribution in [-0.4, -0.2) is 75.6 Å². The van der Waals surface area contributed by atoms with E-state index in [0.29, 0.717) is 43.7 Å². The van der Waals surface area contributed by atoms with Crippen molar-refractivity contribution < 1.29 is 9.59 Å². The minimum atomic E-state index is -0.0322. The van der Waals surface area contributed by atoms with E-state index in [-0.39, 0.29) is 11.8 Å². The average molecular weight is 473 g/mol. The molecule has 8 nitrogen and oxygen atoms in total. The van der Waals surface area contributed by atoms with Gasteiger partial charge in [-0.05, 0) is 37.1 Å². The summed E-state index contributed by atoms with van der Waals surface area (Å²) < 4.78 is 1.74. The summed E-state index contributed by atoms with van der Waals surface area (Å²) in [7, 11) is 1.87. The van der Waals surface area contributed by atoms with Gasteiger partial charge in [0.1, 0.15) is 5.82 Å². The number of aryl methyl sites for hydroxylation is 1. The highest BCUT2D eigenvalue weighted by Crippen LogP contribution is 2.33. The van der Waals surface area contributed by atoms with Crippen LogP contribution in [0.5, 0.6) is 0 Å². The molecular weight excluding hydrogens is 440 g/mol. The van der Waals surface area contributed by atoms with Crippen molar-refractivity contribution in [2.75, 3.05) is 44.2 Å². The van der Waals surface area contributed by atoms with Crippen molar-refractivity contribution in [2.45, 2.75) is 25.7 Å². The number of hydrogen-bond acceptors (Lipinski definition) is 5. The van der Waals surface area contributed by atoms with Gasteiger partial charge < -0.3 is 14.7 Å². The van der Waals surface area contributed by atoms with Gasteiger partial charge in [-0.1, -0.05) is 31.0 Å². The van der Waals surface area contributed by atoms with Crippen LogP contribution in [0.15, 0.2) is 42.5 Å². The number of rotatable bonds is 3.